The van der Waals surface area contributed by atoms with E-state index in [1.54, 1.807) is 10.7 Å². The van der Waals surface area contributed by atoms with Gasteiger partial charge in [-0.3, -0.25) is 0 Å². The van der Waals surface area contributed by atoms with Crippen molar-refractivity contribution in [3.63, 3.8) is 0 Å². The Balaban J connectivity index is 1.65. The summed E-state index contributed by atoms with van der Waals surface area (Å²) >= 11 is 6.35. The van der Waals surface area contributed by atoms with Crippen LogP contribution in [0.2, 0.25) is 5.02 Å². The number of alkyl halides is 3. The standard InChI is InChI=1S/C30H29ClF4N4O/c1-17(2)16-40-27-6-4-5-18(3)28(27)39-29(19-7-9-24(36)23(32)13-19)21-15-38(12-11-25(21)37-39)26-10-8-20(14-22(26)31)30(33,34)35/h4-10,13-14,17H,11-12,15-16,36H2,1-3H3. The average molecular weight is 573 g/mol. The van der Waals surface area contributed by atoms with Gasteiger partial charge in [-0.25, -0.2) is 9.07 Å². The van der Waals surface area contributed by atoms with E-state index in [0.717, 1.165) is 34.6 Å². The number of rotatable bonds is 6. The molecule has 0 aliphatic carbocycles. The largest absolute Gasteiger partial charge is 0.491 e. The summed E-state index contributed by atoms with van der Waals surface area (Å²) in [6.45, 7) is 7.39. The van der Waals surface area contributed by atoms with E-state index in [4.69, 9.17) is 27.2 Å². The molecule has 0 spiro atoms. The van der Waals surface area contributed by atoms with Crippen molar-refractivity contribution >= 4 is 23.0 Å². The second-order valence-electron chi connectivity index (χ2n) is 10.4. The zero-order valence-electron chi connectivity index (χ0n) is 22.3. The highest BCUT2D eigenvalue weighted by atomic mass is 35.5. The van der Waals surface area contributed by atoms with E-state index >= 15 is 0 Å². The van der Waals surface area contributed by atoms with E-state index in [2.05, 4.69) is 13.8 Å². The van der Waals surface area contributed by atoms with Crippen LogP contribution in [0.1, 0.15) is 36.2 Å². The van der Waals surface area contributed by atoms with Gasteiger partial charge in [0.05, 0.1) is 40.0 Å². The molecule has 0 saturated heterocycles. The van der Waals surface area contributed by atoms with Gasteiger partial charge in [0.2, 0.25) is 0 Å². The number of fused-ring (bicyclic) bond motifs is 1. The van der Waals surface area contributed by atoms with Crippen molar-refractivity contribution in [3.8, 4) is 22.7 Å². The third kappa shape index (κ3) is 5.35. The SMILES string of the molecule is Cc1cccc(OCC(C)C)c1-n1nc2c(c1-c1ccc(N)c(F)c1)CN(c1ccc(C(F)(F)F)cc1Cl)CC2. The first-order valence-corrected chi connectivity index (χ1v) is 13.3. The first-order valence-electron chi connectivity index (χ1n) is 12.9. The molecule has 3 aromatic carbocycles. The molecule has 40 heavy (non-hydrogen) atoms. The van der Waals surface area contributed by atoms with Gasteiger partial charge in [-0.15, -0.1) is 0 Å². The number of hydrogen-bond acceptors (Lipinski definition) is 4. The van der Waals surface area contributed by atoms with Crippen LogP contribution >= 0.6 is 11.6 Å². The average Bonchev–Trinajstić information content (AvgIpc) is 3.26. The van der Waals surface area contributed by atoms with Crippen molar-refractivity contribution in [2.24, 2.45) is 5.92 Å². The molecule has 0 saturated carbocycles. The summed E-state index contributed by atoms with van der Waals surface area (Å²) in [6.07, 6.45) is -3.98. The minimum absolute atomic E-state index is 0.00835. The number of anilines is 2. The Labute approximate surface area is 235 Å². The maximum atomic E-state index is 14.7. The number of nitrogen functional groups attached to an aromatic ring is 1. The van der Waals surface area contributed by atoms with Gasteiger partial charge in [-0.05, 0) is 54.8 Å². The summed E-state index contributed by atoms with van der Waals surface area (Å²) in [4.78, 5) is 1.92. The summed E-state index contributed by atoms with van der Waals surface area (Å²) in [5, 5.41) is 4.98. The molecule has 1 aliphatic heterocycles. The Bertz CT molecular complexity index is 1560. The van der Waals surface area contributed by atoms with Crippen LogP contribution < -0.4 is 15.4 Å². The maximum Gasteiger partial charge on any atom is 0.416 e. The van der Waals surface area contributed by atoms with Crippen LogP contribution in [0, 0.1) is 18.7 Å². The lowest BCUT2D eigenvalue weighted by Gasteiger charge is -2.30. The van der Waals surface area contributed by atoms with Crippen LogP contribution in [0.5, 0.6) is 5.75 Å². The minimum atomic E-state index is -4.49. The molecule has 1 aromatic heterocycles. The van der Waals surface area contributed by atoms with E-state index in [9.17, 15) is 17.6 Å². The molecule has 2 heterocycles. The molecule has 5 rings (SSSR count). The predicted molar refractivity (Wildman–Crippen MR) is 150 cm³/mol. The molecular formula is C30H29ClF4N4O. The number of ether oxygens (including phenoxy) is 1. The lowest BCUT2D eigenvalue weighted by molar-refractivity contribution is -0.137. The molecule has 0 fully saturated rings. The van der Waals surface area contributed by atoms with Crippen molar-refractivity contribution in [1.29, 1.82) is 0 Å². The van der Waals surface area contributed by atoms with Gasteiger partial charge < -0.3 is 15.4 Å². The molecule has 0 unspecified atom stereocenters. The van der Waals surface area contributed by atoms with Gasteiger partial charge in [0.1, 0.15) is 17.3 Å². The van der Waals surface area contributed by atoms with Gasteiger partial charge in [0, 0.05) is 30.6 Å². The third-order valence-corrected chi connectivity index (χ3v) is 7.21. The third-order valence-electron chi connectivity index (χ3n) is 6.91. The summed E-state index contributed by atoms with van der Waals surface area (Å²) in [5.41, 5.74) is 10.0. The number of hydrogen-bond donors (Lipinski definition) is 1. The van der Waals surface area contributed by atoms with Crippen LogP contribution in [0.4, 0.5) is 28.9 Å². The lowest BCUT2D eigenvalue weighted by atomic mass is 9.99. The molecule has 5 nitrogen and oxygen atoms in total. The number of aromatic nitrogens is 2. The topological polar surface area (TPSA) is 56.3 Å². The van der Waals surface area contributed by atoms with Crippen LogP contribution in [0.3, 0.4) is 0 Å². The van der Waals surface area contributed by atoms with Crippen molar-refractivity contribution in [2.45, 2.75) is 39.9 Å². The highest BCUT2D eigenvalue weighted by Gasteiger charge is 2.33. The molecule has 0 bridgehead atoms. The van der Waals surface area contributed by atoms with E-state index in [1.807, 2.05) is 30.0 Å². The molecule has 0 radical (unpaired) electrons. The monoisotopic (exact) mass is 572 g/mol. The smallest absolute Gasteiger partial charge is 0.416 e. The van der Waals surface area contributed by atoms with E-state index in [-0.39, 0.29) is 10.7 Å². The van der Waals surface area contributed by atoms with Gasteiger partial charge in [-0.2, -0.15) is 18.3 Å². The normalized spacial score (nSPS) is 13.6. The van der Waals surface area contributed by atoms with Gasteiger partial charge in [0.25, 0.3) is 0 Å². The van der Waals surface area contributed by atoms with Gasteiger partial charge >= 0.3 is 6.18 Å². The fourth-order valence-corrected chi connectivity index (χ4v) is 5.23. The van der Waals surface area contributed by atoms with Crippen LogP contribution in [0.15, 0.2) is 54.6 Å². The van der Waals surface area contributed by atoms with Crippen molar-refractivity contribution in [2.75, 3.05) is 23.8 Å². The number of nitrogens with zero attached hydrogens (tertiary/aromatic N) is 3. The molecule has 1 aliphatic rings. The highest BCUT2D eigenvalue weighted by Crippen LogP contribution is 2.40. The zero-order valence-corrected chi connectivity index (χ0v) is 23.1. The summed E-state index contributed by atoms with van der Waals surface area (Å²) in [6, 6.07) is 13.7. The van der Waals surface area contributed by atoms with E-state index in [0.29, 0.717) is 54.7 Å². The fourth-order valence-electron chi connectivity index (χ4n) is 4.93. The van der Waals surface area contributed by atoms with Crippen molar-refractivity contribution < 1.29 is 22.3 Å². The maximum absolute atomic E-state index is 14.7. The number of para-hydroxylation sites is 1. The Morgan fingerprint density at radius 3 is 2.55 bits per heavy atom. The lowest BCUT2D eigenvalue weighted by Crippen LogP contribution is -2.30. The number of halogens is 5. The first kappa shape index (κ1) is 27.8. The van der Waals surface area contributed by atoms with Gasteiger partial charge in [-0.1, -0.05) is 43.6 Å². The number of benzene rings is 3. The minimum Gasteiger partial charge on any atom is -0.491 e. The Kier molecular flexibility index (Phi) is 7.44. The number of nitrogens with two attached hydrogens (primary N) is 1. The van der Waals surface area contributed by atoms with Crippen molar-refractivity contribution in [1.82, 2.24) is 9.78 Å². The summed E-state index contributed by atoms with van der Waals surface area (Å²) in [7, 11) is 0. The molecular weight excluding hydrogens is 544 g/mol. The number of aryl methyl sites for hydroxylation is 1. The summed E-state index contributed by atoms with van der Waals surface area (Å²) in [5.74, 6) is 0.388. The Morgan fingerprint density at radius 2 is 1.88 bits per heavy atom. The quantitative estimate of drug-likeness (QED) is 0.189. The van der Waals surface area contributed by atoms with Gasteiger partial charge in [0.15, 0.2) is 0 Å². The molecule has 0 atom stereocenters. The zero-order chi connectivity index (χ0) is 28.8. The van der Waals surface area contributed by atoms with Crippen LogP contribution in [-0.2, 0) is 19.1 Å². The first-order chi connectivity index (χ1) is 18.9. The second-order valence-corrected chi connectivity index (χ2v) is 10.8. The molecule has 0 amide bonds. The Hall–Kier alpha value is -3.72. The molecule has 10 heteroatoms. The van der Waals surface area contributed by atoms with E-state index in [1.165, 1.54) is 18.2 Å². The highest BCUT2D eigenvalue weighted by molar-refractivity contribution is 6.33. The molecule has 4 aromatic rings. The van der Waals surface area contributed by atoms with Crippen LogP contribution in [-0.4, -0.2) is 22.9 Å². The summed E-state index contributed by atoms with van der Waals surface area (Å²) < 4.78 is 62.4. The van der Waals surface area contributed by atoms with E-state index < -0.39 is 17.6 Å². The molecule has 2 N–H and O–H groups in total. The fraction of sp³-hybridized carbons (Fsp3) is 0.300. The van der Waals surface area contributed by atoms with Crippen molar-refractivity contribution in [3.05, 3.63) is 87.8 Å². The van der Waals surface area contributed by atoms with Crippen LogP contribution in [0.25, 0.3) is 16.9 Å². The second kappa shape index (κ2) is 10.7. The predicted octanol–water partition coefficient (Wildman–Crippen LogP) is 7.84. The molecule has 210 valence electrons. The Morgan fingerprint density at radius 1 is 1.10 bits per heavy atom.